The smallest absolute Gasteiger partial charge is 0.262 e. The van der Waals surface area contributed by atoms with Crippen molar-refractivity contribution in [3.05, 3.63) is 20.8 Å². The zero-order valence-corrected chi connectivity index (χ0v) is 10.8. The lowest BCUT2D eigenvalue weighted by molar-refractivity contribution is 0.0952. The molecule has 1 amide bonds. The van der Waals surface area contributed by atoms with Gasteiger partial charge in [0.05, 0.1) is 5.02 Å². The third-order valence-corrected chi connectivity index (χ3v) is 4.51. The fourth-order valence-electron chi connectivity index (χ4n) is 1.79. The van der Waals surface area contributed by atoms with Crippen molar-refractivity contribution >= 4 is 28.8 Å². The van der Waals surface area contributed by atoms with Crippen LogP contribution in [0.5, 0.6) is 0 Å². The zero-order chi connectivity index (χ0) is 11.5. The highest BCUT2D eigenvalue weighted by molar-refractivity contribution is 7.13. The molecule has 1 atom stereocenters. The number of halogens is 1. The molecular weight excluding hydrogens is 244 g/mol. The molecule has 0 saturated carbocycles. The summed E-state index contributed by atoms with van der Waals surface area (Å²) in [7, 11) is 0. The van der Waals surface area contributed by atoms with Gasteiger partial charge in [-0.3, -0.25) is 4.79 Å². The van der Waals surface area contributed by atoms with Gasteiger partial charge in [0.15, 0.2) is 0 Å². The summed E-state index contributed by atoms with van der Waals surface area (Å²) < 4.78 is 0. The maximum Gasteiger partial charge on any atom is 0.262 e. The summed E-state index contributed by atoms with van der Waals surface area (Å²) in [5.74, 6) is 0.513. The summed E-state index contributed by atoms with van der Waals surface area (Å²) in [4.78, 5) is 12.5. The van der Waals surface area contributed by atoms with E-state index in [0.717, 1.165) is 31.6 Å². The van der Waals surface area contributed by atoms with Gasteiger partial charge < -0.3 is 10.6 Å². The van der Waals surface area contributed by atoms with Gasteiger partial charge in [0, 0.05) is 6.54 Å². The molecule has 1 saturated heterocycles. The highest BCUT2D eigenvalue weighted by atomic mass is 35.5. The third-order valence-electron chi connectivity index (χ3n) is 2.82. The van der Waals surface area contributed by atoms with E-state index in [4.69, 9.17) is 11.6 Å². The molecular formula is C11H15ClN2OS. The summed E-state index contributed by atoms with van der Waals surface area (Å²) in [6, 6.07) is 0. The van der Waals surface area contributed by atoms with Crippen LogP contribution in [-0.2, 0) is 0 Å². The average molecular weight is 259 g/mol. The molecule has 2 rings (SSSR count). The second-order valence-corrected chi connectivity index (χ2v) is 5.39. The lowest BCUT2D eigenvalue weighted by Gasteiger charge is -2.09. The van der Waals surface area contributed by atoms with Gasteiger partial charge in [-0.05, 0) is 43.3 Å². The topological polar surface area (TPSA) is 41.1 Å². The lowest BCUT2D eigenvalue weighted by atomic mass is 10.1. The number of carbonyl (C=O) groups excluding carboxylic acids is 1. The van der Waals surface area contributed by atoms with Crippen LogP contribution in [0.15, 0.2) is 5.38 Å². The van der Waals surface area contributed by atoms with Crippen LogP contribution >= 0.6 is 22.9 Å². The van der Waals surface area contributed by atoms with E-state index >= 15 is 0 Å². The van der Waals surface area contributed by atoms with Crippen molar-refractivity contribution in [2.24, 2.45) is 5.92 Å². The predicted octanol–water partition coefficient (Wildman–Crippen LogP) is 2.05. The van der Waals surface area contributed by atoms with Gasteiger partial charge in [-0.25, -0.2) is 0 Å². The highest BCUT2D eigenvalue weighted by Gasteiger charge is 2.18. The average Bonchev–Trinajstić information content (AvgIpc) is 2.88. The minimum absolute atomic E-state index is 0.0463. The predicted molar refractivity (Wildman–Crippen MR) is 67.4 cm³/mol. The normalized spacial score (nSPS) is 20.0. The molecule has 0 aliphatic carbocycles. The summed E-state index contributed by atoms with van der Waals surface area (Å²) >= 11 is 7.44. The maximum absolute atomic E-state index is 11.8. The first kappa shape index (κ1) is 11.9. The number of nitrogens with one attached hydrogen (secondary N) is 2. The summed E-state index contributed by atoms with van der Waals surface area (Å²) in [5.41, 5.74) is 0.972. The fraction of sp³-hybridized carbons (Fsp3) is 0.545. The Kier molecular flexibility index (Phi) is 3.84. The third kappa shape index (κ3) is 2.56. The minimum atomic E-state index is -0.0463. The van der Waals surface area contributed by atoms with Crippen LogP contribution in [0.2, 0.25) is 5.02 Å². The van der Waals surface area contributed by atoms with Crippen molar-refractivity contribution in [3.63, 3.8) is 0 Å². The van der Waals surface area contributed by atoms with Gasteiger partial charge in [0.25, 0.3) is 5.91 Å². The van der Waals surface area contributed by atoms with Crippen LogP contribution in [-0.4, -0.2) is 25.5 Å². The zero-order valence-electron chi connectivity index (χ0n) is 9.18. The molecule has 1 unspecified atom stereocenters. The molecule has 0 aromatic carbocycles. The molecule has 3 nitrogen and oxygen atoms in total. The number of rotatable bonds is 3. The van der Waals surface area contributed by atoms with Crippen molar-refractivity contribution < 1.29 is 4.79 Å². The van der Waals surface area contributed by atoms with Crippen LogP contribution < -0.4 is 10.6 Å². The van der Waals surface area contributed by atoms with E-state index in [1.165, 1.54) is 11.3 Å². The first-order valence-corrected chi connectivity index (χ1v) is 6.66. The molecule has 1 aromatic heterocycles. The summed E-state index contributed by atoms with van der Waals surface area (Å²) in [6.45, 7) is 4.70. The van der Waals surface area contributed by atoms with Gasteiger partial charge in [0.1, 0.15) is 4.88 Å². The Morgan fingerprint density at radius 1 is 1.75 bits per heavy atom. The van der Waals surface area contributed by atoms with E-state index in [2.05, 4.69) is 10.6 Å². The molecule has 1 fully saturated rings. The number of amides is 1. The Morgan fingerprint density at radius 3 is 3.12 bits per heavy atom. The number of carbonyl (C=O) groups is 1. The van der Waals surface area contributed by atoms with Gasteiger partial charge in [-0.1, -0.05) is 11.6 Å². The molecule has 1 aliphatic heterocycles. The van der Waals surface area contributed by atoms with Crippen molar-refractivity contribution in [1.82, 2.24) is 10.6 Å². The largest absolute Gasteiger partial charge is 0.351 e. The van der Waals surface area contributed by atoms with Gasteiger partial charge in [-0.15, -0.1) is 11.3 Å². The molecule has 2 N–H and O–H groups in total. The Labute approximate surface area is 104 Å². The molecule has 16 heavy (non-hydrogen) atoms. The Bertz CT molecular complexity index is 385. The van der Waals surface area contributed by atoms with E-state index < -0.39 is 0 Å². The van der Waals surface area contributed by atoms with E-state index in [-0.39, 0.29) is 5.91 Å². The van der Waals surface area contributed by atoms with Gasteiger partial charge in [0.2, 0.25) is 0 Å². The lowest BCUT2D eigenvalue weighted by Crippen LogP contribution is -2.29. The fourth-order valence-corrected chi connectivity index (χ4v) is 2.98. The Hall–Kier alpha value is -0.580. The van der Waals surface area contributed by atoms with Crippen molar-refractivity contribution in [2.75, 3.05) is 19.6 Å². The monoisotopic (exact) mass is 258 g/mol. The van der Waals surface area contributed by atoms with Crippen LogP contribution in [0.1, 0.15) is 21.7 Å². The van der Waals surface area contributed by atoms with E-state index in [9.17, 15) is 4.79 Å². The minimum Gasteiger partial charge on any atom is -0.351 e. The van der Waals surface area contributed by atoms with Crippen LogP contribution in [0.25, 0.3) is 0 Å². The van der Waals surface area contributed by atoms with E-state index in [1.807, 2.05) is 12.3 Å². The van der Waals surface area contributed by atoms with Crippen molar-refractivity contribution in [1.29, 1.82) is 0 Å². The molecule has 0 bridgehead atoms. The van der Waals surface area contributed by atoms with Crippen LogP contribution in [0.4, 0.5) is 0 Å². The van der Waals surface area contributed by atoms with Crippen LogP contribution in [0, 0.1) is 12.8 Å². The van der Waals surface area contributed by atoms with E-state index in [0.29, 0.717) is 15.8 Å². The molecule has 88 valence electrons. The van der Waals surface area contributed by atoms with Gasteiger partial charge >= 0.3 is 0 Å². The second kappa shape index (κ2) is 5.17. The standard InChI is InChI=1S/C11H15ClN2OS/c1-7-6-16-10(9(7)12)11(15)14-5-8-2-3-13-4-8/h6,8,13H,2-5H2,1H3,(H,14,15). The number of hydrogen-bond acceptors (Lipinski definition) is 3. The van der Waals surface area contributed by atoms with Crippen LogP contribution in [0.3, 0.4) is 0 Å². The Morgan fingerprint density at radius 2 is 2.56 bits per heavy atom. The molecule has 2 heterocycles. The number of thiophene rings is 1. The first-order chi connectivity index (χ1) is 7.68. The maximum atomic E-state index is 11.8. The first-order valence-electron chi connectivity index (χ1n) is 5.41. The SMILES string of the molecule is Cc1csc(C(=O)NCC2CCNC2)c1Cl. The second-order valence-electron chi connectivity index (χ2n) is 4.13. The molecule has 1 aliphatic rings. The molecule has 0 radical (unpaired) electrons. The molecule has 0 spiro atoms. The quantitative estimate of drug-likeness (QED) is 0.871. The number of aryl methyl sites for hydroxylation is 1. The summed E-state index contributed by atoms with van der Waals surface area (Å²) in [6.07, 6.45) is 1.14. The molecule has 5 heteroatoms. The van der Waals surface area contributed by atoms with Crippen molar-refractivity contribution in [3.8, 4) is 0 Å². The Balaban J connectivity index is 1.90. The molecule has 1 aromatic rings. The van der Waals surface area contributed by atoms with E-state index in [1.54, 1.807) is 0 Å². The van der Waals surface area contributed by atoms with Crippen molar-refractivity contribution in [2.45, 2.75) is 13.3 Å². The number of hydrogen-bond donors (Lipinski definition) is 2. The van der Waals surface area contributed by atoms with Gasteiger partial charge in [-0.2, -0.15) is 0 Å². The highest BCUT2D eigenvalue weighted by Crippen LogP contribution is 2.26. The summed E-state index contributed by atoms with van der Waals surface area (Å²) in [5, 5.41) is 8.72.